The Bertz CT molecular complexity index is 535. The first-order valence-electron chi connectivity index (χ1n) is 5.98. The minimum absolute atomic E-state index is 0.0121. The van der Waals surface area contributed by atoms with Crippen LogP contribution < -0.4 is 5.32 Å². The highest BCUT2D eigenvalue weighted by Gasteiger charge is 2.14. The van der Waals surface area contributed by atoms with E-state index in [0.29, 0.717) is 5.56 Å². The molecule has 0 spiro atoms. The maximum Gasteiger partial charge on any atom is 0.329 e. The molecule has 0 unspecified atom stereocenters. The third kappa shape index (κ3) is 6.00. The molecule has 0 atom stereocenters. The zero-order chi connectivity index (χ0) is 15.8. The summed E-state index contributed by atoms with van der Waals surface area (Å²) in [7, 11) is 1.40. The topological polar surface area (TPSA) is 95.9 Å². The quantitative estimate of drug-likeness (QED) is 0.801. The zero-order valence-electron chi connectivity index (χ0n) is 11.3. The van der Waals surface area contributed by atoms with Crippen LogP contribution in [-0.2, 0) is 20.9 Å². The minimum atomic E-state index is -1.22. The van der Waals surface area contributed by atoms with Crippen molar-refractivity contribution >= 4 is 17.9 Å². The van der Waals surface area contributed by atoms with E-state index in [9.17, 15) is 18.8 Å². The monoisotopic (exact) mass is 298 g/mol. The summed E-state index contributed by atoms with van der Waals surface area (Å²) in [4.78, 5) is 34.3. The Hall–Kier alpha value is -2.48. The van der Waals surface area contributed by atoms with Crippen molar-refractivity contribution < 1.29 is 28.6 Å². The molecule has 0 saturated heterocycles. The van der Waals surface area contributed by atoms with Crippen molar-refractivity contribution in [1.29, 1.82) is 0 Å². The van der Waals surface area contributed by atoms with Gasteiger partial charge in [-0.3, -0.25) is 10.1 Å². The molecule has 1 aromatic rings. The van der Waals surface area contributed by atoms with Crippen LogP contribution in [0.1, 0.15) is 5.56 Å². The molecular formula is C13H15FN2O5. The molecule has 7 nitrogen and oxygen atoms in total. The second-order valence-electron chi connectivity index (χ2n) is 4.19. The van der Waals surface area contributed by atoms with Crippen LogP contribution in [0.3, 0.4) is 0 Å². The number of hydrogen-bond donors (Lipinski definition) is 2. The highest BCUT2D eigenvalue weighted by Crippen LogP contribution is 2.08. The van der Waals surface area contributed by atoms with E-state index < -0.39 is 36.9 Å². The molecule has 0 radical (unpaired) electrons. The van der Waals surface area contributed by atoms with Gasteiger partial charge < -0.3 is 14.7 Å². The summed E-state index contributed by atoms with van der Waals surface area (Å²) in [5.74, 6) is -2.44. The first-order chi connectivity index (χ1) is 9.90. The van der Waals surface area contributed by atoms with Crippen LogP contribution in [0.5, 0.6) is 0 Å². The van der Waals surface area contributed by atoms with Gasteiger partial charge in [0.25, 0.3) is 5.91 Å². The lowest BCUT2D eigenvalue weighted by Crippen LogP contribution is -2.42. The molecule has 0 aliphatic heterocycles. The van der Waals surface area contributed by atoms with Gasteiger partial charge in [-0.05, 0) is 6.07 Å². The number of carboxylic acids is 1. The Morgan fingerprint density at radius 3 is 2.57 bits per heavy atom. The smallest absolute Gasteiger partial charge is 0.329 e. The molecule has 1 aromatic carbocycles. The zero-order valence-corrected chi connectivity index (χ0v) is 11.3. The predicted molar refractivity (Wildman–Crippen MR) is 69.9 cm³/mol. The molecule has 0 aliphatic carbocycles. The van der Waals surface area contributed by atoms with E-state index in [4.69, 9.17) is 5.11 Å². The van der Waals surface area contributed by atoms with E-state index in [1.165, 1.54) is 25.2 Å². The van der Waals surface area contributed by atoms with Crippen LogP contribution in [0, 0.1) is 5.82 Å². The lowest BCUT2D eigenvalue weighted by Gasteiger charge is -2.17. The molecule has 0 bridgehead atoms. The second-order valence-corrected chi connectivity index (χ2v) is 4.19. The summed E-state index contributed by atoms with van der Waals surface area (Å²) < 4.78 is 17.9. The van der Waals surface area contributed by atoms with Gasteiger partial charge in [0.15, 0.2) is 0 Å². The normalized spacial score (nSPS) is 10.0. The van der Waals surface area contributed by atoms with Gasteiger partial charge in [0.05, 0.1) is 0 Å². The molecule has 114 valence electrons. The standard InChI is InChI=1S/C13H15FN2O5/c1-16(6-9-4-2-3-5-10(9)14)13(20)15-11(17)7-21-8-12(18)19/h2-5H,6-8H2,1H3,(H,18,19)(H,15,17,20). The van der Waals surface area contributed by atoms with Crippen LogP contribution in [0.15, 0.2) is 24.3 Å². The number of imide groups is 1. The minimum Gasteiger partial charge on any atom is -0.480 e. The molecule has 0 fully saturated rings. The average Bonchev–Trinajstić information content (AvgIpc) is 2.40. The molecule has 1 rings (SSSR count). The summed E-state index contributed by atoms with van der Waals surface area (Å²) >= 11 is 0. The molecule has 8 heteroatoms. The highest BCUT2D eigenvalue weighted by atomic mass is 19.1. The maximum atomic E-state index is 13.4. The molecule has 21 heavy (non-hydrogen) atoms. The van der Waals surface area contributed by atoms with Crippen LogP contribution in [0.4, 0.5) is 9.18 Å². The Morgan fingerprint density at radius 2 is 1.95 bits per heavy atom. The van der Waals surface area contributed by atoms with Crippen LogP contribution in [-0.4, -0.2) is 48.2 Å². The Balaban J connectivity index is 2.42. The Kier molecular flexibility index (Phi) is 6.28. The third-order valence-corrected chi connectivity index (χ3v) is 2.42. The van der Waals surface area contributed by atoms with E-state index in [2.05, 4.69) is 4.74 Å². The number of hydrogen-bond acceptors (Lipinski definition) is 4. The molecule has 0 aromatic heterocycles. The molecule has 0 aliphatic rings. The number of benzene rings is 1. The number of amides is 3. The molecule has 3 amide bonds. The second kappa shape index (κ2) is 7.95. The van der Waals surface area contributed by atoms with Gasteiger partial charge in [0.2, 0.25) is 0 Å². The van der Waals surface area contributed by atoms with Crippen molar-refractivity contribution in [2.24, 2.45) is 0 Å². The van der Waals surface area contributed by atoms with Crippen LogP contribution in [0.25, 0.3) is 0 Å². The summed E-state index contributed by atoms with van der Waals surface area (Å²) in [6.07, 6.45) is 0. The highest BCUT2D eigenvalue weighted by molar-refractivity contribution is 5.94. The number of carbonyl (C=O) groups is 3. The number of nitrogens with one attached hydrogen (secondary N) is 1. The van der Waals surface area contributed by atoms with Crippen LogP contribution in [0.2, 0.25) is 0 Å². The van der Waals surface area contributed by atoms with Crippen molar-refractivity contribution in [1.82, 2.24) is 10.2 Å². The fourth-order valence-corrected chi connectivity index (χ4v) is 1.44. The van der Waals surface area contributed by atoms with Gasteiger partial charge in [0, 0.05) is 19.2 Å². The summed E-state index contributed by atoms with van der Waals surface area (Å²) in [6.45, 7) is -1.19. The Morgan fingerprint density at radius 1 is 1.29 bits per heavy atom. The van der Waals surface area contributed by atoms with E-state index in [1.54, 1.807) is 6.07 Å². The molecule has 0 heterocycles. The number of halogens is 1. The molecule has 0 saturated carbocycles. The van der Waals surface area contributed by atoms with Gasteiger partial charge in [-0.15, -0.1) is 0 Å². The van der Waals surface area contributed by atoms with Gasteiger partial charge in [-0.2, -0.15) is 0 Å². The fraction of sp³-hybridized carbons (Fsp3) is 0.308. The summed E-state index contributed by atoms with van der Waals surface area (Å²) in [5, 5.41) is 10.3. The van der Waals surface area contributed by atoms with Crippen LogP contribution >= 0.6 is 0 Å². The van der Waals surface area contributed by atoms with E-state index in [-0.39, 0.29) is 6.54 Å². The Labute approximate surface area is 120 Å². The predicted octanol–water partition coefficient (Wildman–Crippen LogP) is 0.595. The number of rotatable bonds is 6. The van der Waals surface area contributed by atoms with Gasteiger partial charge in [-0.1, -0.05) is 18.2 Å². The van der Waals surface area contributed by atoms with Gasteiger partial charge in [-0.25, -0.2) is 14.0 Å². The fourth-order valence-electron chi connectivity index (χ4n) is 1.44. The number of nitrogens with zero attached hydrogens (tertiary/aromatic N) is 1. The van der Waals surface area contributed by atoms with Crippen molar-refractivity contribution in [3.8, 4) is 0 Å². The molecule has 2 N–H and O–H groups in total. The summed E-state index contributed by atoms with van der Waals surface area (Å²) in [5.41, 5.74) is 0.310. The first-order valence-corrected chi connectivity index (χ1v) is 5.98. The third-order valence-electron chi connectivity index (χ3n) is 2.42. The van der Waals surface area contributed by atoms with Crippen molar-refractivity contribution in [3.05, 3.63) is 35.6 Å². The maximum absolute atomic E-state index is 13.4. The lowest BCUT2D eigenvalue weighted by atomic mass is 10.2. The molecular weight excluding hydrogens is 283 g/mol. The number of ether oxygens (including phenoxy) is 1. The van der Waals surface area contributed by atoms with Crippen molar-refractivity contribution in [2.75, 3.05) is 20.3 Å². The van der Waals surface area contributed by atoms with Crippen molar-refractivity contribution in [3.63, 3.8) is 0 Å². The number of carbonyl (C=O) groups excluding carboxylic acids is 2. The van der Waals surface area contributed by atoms with Gasteiger partial charge >= 0.3 is 12.0 Å². The van der Waals surface area contributed by atoms with Crippen molar-refractivity contribution in [2.45, 2.75) is 6.54 Å². The number of carboxylic acid groups (broad SMARTS) is 1. The summed E-state index contributed by atoms with van der Waals surface area (Å²) in [6, 6.07) is 5.22. The number of urea groups is 1. The first kappa shape index (κ1) is 16.6. The SMILES string of the molecule is CN(Cc1ccccc1F)C(=O)NC(=O)COCC(=O)O. The number of aliphatic carboxylic acids is 1. The van der Waals surface area contributed by atoms with E-state index in [1.807, 2.05) is 5.32 Å². The lowest BCUT2D eigenvalue weighted by molar-refractivity contribution is -0.143. The van der Waals surface area contributed by atoms with E-state index >= 15 is 0 Å². The average molecular weight is 298 g/mol. The largest absolute Gasteiger partial charge is 0.480 e. The van der Waals surface area contributed by atoms with Gasteiger partial charge in [0.1, 0.15) is 19.0 Å². The van der Waals surface area contributed by atoms with E-state index in [0.717, 1.165) is 4.90 Å².